The second kappa shape index (κ2) is 3.39. The molecule has 3 heteroatoms. The van der Waals surface area contributed by atoms with Crippen molar-refractivity contribution in [1.82, 2.24) is 15.5 Å². The van der Waals surface area contributed by atoms with Crippen LogP contribution in [0.25, 0.3) is 0 Å². The lowest BCUT2D eigenvalue weighted by Gasteiger charge is -2.29. The Hall–Kier alpha value is -0.830. The summed E-state index contributed by atoms with van der Waals surface area (Å²) in [6, 6.07) is 0. The molecule has 78 valence electrons. The molecule has 1 aliphatic rings. The summed E-state index contributed by atoms with van der Waals surface area (Å²) in [5, 5.41) is 10.7. The number of aromatic amines is 1. The van der Waals surface area contributed by atoms with E-state index in [1.807, 2.05) is 7.05 Å². The van der Waals surface area contributed by atoms with Gasteiger partial charge in [0.15, 0.2) is 0 Å². The average molecular weight is 193 g/mol. The largest absolute Gasteiger partial charge is 0.314 e. The third-order valence-corrected chi connectivity index (χ3v) is 3.09. The highest BCUT2D eigenvalue weighted by Gasteiger charge is 2.28. The molecular formula is C11H19N3. The Morgan fingerprint density at radius 2 is 2.29 bits per heavy atom. The van der Waals surface area contributed by atoms with E-state index in [2.05, 4.69) is 29.4 Å². The highest BCUT2D eigenvalue weighted by Crippen LogP contribution is 2.35. The van der Waals surface area contributed by atoms with Crippen LogP contribution in [-0.4, -0.2) is 17.2 Å². The van der Waals surface area contributed by atoms with E-state index in [0.29, 0.717) is 5.41 Å². The molecule has 1 heterocycles. The lowest BCUT2D eigenvalue weighted by molar-refractivity contribution is 0.313. The summed E-state index contributed by atoms with van der Waals surface area (Å²) in [6.07, 6.45) is 3.58. The van der Waals surface area contributed by atoms with Gasteiger partial charge in [-0.2, -0.15) is 5.10 Å². The molecule has 0 aliphatic heterocycles. The zero-order chi connectivity index (χ0) is 10.2. The molecule has 0 atom stereocenters. The third kappa shape index (κ3) is 1.69. The summed E-state index contributed by atoms with van der Waals surface area (Å²) in [6.45, 7) is 5.56. The number of hydrogen-bond acceptors (Lipinski definition) is 2. The zero-order valence-electron chi connectivity index (χ0n) is 9.28. The summed E-state index contributed by atoms with van der Waals surface area (Å²) in [4.78, 5) is 0. The lowest BCUT2D eigenvalue weighted by atomic mass is 9.76. The minimum absolute atomic E-state index is 0.444. The molecule has 1 aromatic heterocycles. The van der Waals surface area contributed by atoms with Gasteiger partial charge in [-0.15, -0.1) is 0 Å². The van der Waals surface area contributed by atoms with Crippen LogP contribution in [0.4, 0.5) is 0 Å². The first-order chi connectivity index (χ1) is 6.62. The van der Waals surface area contributed by atoms with E-state index < -0.39 is 0 Å². The van der Waals surface area contributed by atoms with Crippen LogP contribution in [0.3, 0.4) is 0 Å². The van der Waals surface area contributed by atoms with Crippen LogP contribution in [-0.2, 0) is 19.4 Å². The number of fused-ring (bicyclic) bond motifs is 1. The van der Waals surface area contributed by atoms with Crippen molar-refractivity contribution in [3.05, 3.63) is 17.0 Å². The fraction of sp³-hybridized carbons (Fsp3) is 0.727. The highest BCUT2D eigenvalue weighted by molar-refractivity contribution is 5.29. The number of aromatic nitrogens is 2. The summed E-state index contributed by atoms with van der Waals surface area (Å²) in [5.41, 5.74) is 4.46. The zero-order valence-corrected chi connectivity index (χ0v) is 9.28. The maximum atomic E-state index is 4.37. The predicted octanol–water partition coefficient (Wildman–Crippen LogP) is 1.64. The molecule has 2 N–H and O–H groups in total. The number of hydrogen-bond donors (Lipinski definition) is 2. The molecule has 0 saturated heterocycles. The average Bonchev–Trinajstić information content (AvgIpc) is 2.47. The van der Waals surface area contributed by atoms with E-state index in [-0.39, 0.29) is 0 Å². The third-order valence-electron chi connectivity index (χ3n) is 3.09. The minimum Gasteiger partial charge on any atom is -0.314 e. The number of nitrogens with zero attached hydrogens (tertiary/aromatic N) is 1. The molecule has 0 spiro atoms. The molecule has 14 heavy (non-hydrogen) atoms. The van der Waals surface area contributed by atoms with Crippen LogP contribution in [0.1, 0.15) is 37.2 Å². The van der Waals surface area contributed by atoms with Crippen molar-refractivity contribution in [2.75, 3.05) is 7.05 Å². The molecule has 0 amide bonds. The number of aryl methyl sites for hydroxylation is 1. The van der Waals surface area contributed by atoms with Crippen molar-refractivity contribution in [3.8, 4) is 0 Å². The maximum Gasteiger partial charge on any atom is 0.0794 e. The van der Waals surface area contributed by atoms with E-state index in [1.54, 1.807) is 0 Å². The highest BCUT2D eigenvalue weighted by atomic mass is 15.1. The number of H-pyrrole nitrogens is 1. The van der Waals surface area contributed by atoms with Gasteiger partial charge in [0, 0.05) is 12.2 Å². The Balaban J connectivity index is 2.28. The fourth-order valence-electron chi connectivity index (χ4n) is 2.20. The molecule has 2 rings (SSSR count). The first-order valence-corrected chi connectivity index (χ1v) is 5.32. The number of nitrogens with one attached hydrogen (secondary N) is 2. The second-order valence-electron chi connectivity index (χ2n) is 5.00. The van der Waals surface area contributed by atoms with Crippen LogP contribution in [0.15, 0.2) is 0 Å². The normalized spacial score (nSPS) is 19.4. The number of rotatable bonds is 2. The van der Waals surface area contributed by atoms with Gasteiger partial charge in [0.25, 0.3) is 0 Å². The lowest BCUT2D eigenvalue weighted by Crippen LogP contribution is -2.23. The first kappa shape index (κ1) is 9.71. The molecule has 0 bridgehead atoms. The fourth-order valence-corrected chi connectivity index (χ4v) is 2.20. The summed E-state index contributed by atoms with van der Waals surface area (Å²) in [5.74, 6) is 0. The van der Waals surface area contributed by atoms with Gasteiger partial charge in [-0.05, 0) is 37.3 Å². The SMILES string of the molecule is CNCc1n[nH]c2c1CC(C)(C)CC2. The van der Waals surface area contributed by atoms with E-state index in [9.17, 15) is 0 Å². The van der Waals surface area contributed by atoms with Gasteiger partial charge in [-0.1, -0.05) is 13.8 Å². The van der Waals surface area contributed by atoms with Gasteiger partial charge >= 0.3 is 0 Å². The Morgan fingerprint density at radius 3 is 3.00 bits per heavy atom. The van der Waals surface area contributed by atoms with Gasteiger partial charge < -0.3 is 5.32 Å². The van der Waals surface area contributed by atoms with Crippen LogP contribution in [0.5, 0.6) is 0 Å². The maximum absolute atomic E-state index is 4.37. The van der Waals surface area contributed by atoms with Gasteiger partial charge in [-0.25, -0.2) is 0 Å². The monoisotopic (exact) mass is 193 g/mol. The molecule has 0 saturated carbocycles. The molecule has 0 unspecified atom stereocenters. The Kier molecular flexibility index (Phi) is 2.35. The minimum atomic E-state index is 0.444. The molecule has 1 aromatic rings. The van der Waals surface area contributed by atoms with E-state index in [1.165, 1.54) is 23.4 Å². The van der Waals surface area contributed by atoms with Crippen molar-refractivity contribution in [2.45, 2.75) is 39.7 Å². The van der Waals surface area contributed by atoms with Crippen molar-refractivity contribution < 1.29 is 0 Å². The topological polar surface area (TPSA) is 40.7 Å². The van der Waals surface area contributed by atoms with E-state index >= 15 is 0 Å². The smallest absolute Gasteiger partial charge is 0.0794 e. The van der Waals surface area contributed by atoms with Crippen molar-refractivity contribution in [2.24, 2.45) is 5.41 Å². The molecule has 1 aliphatic carbocycles. The van der Waals surface area contributed by atoms with Gasteiger partial charge in [0.1, 0.15) is 0 Å². The van der Waals surface area contributed by atoms with Gasteiger partial charge in [0.05, 0.1) is 5.69 Å². The van der Waals surface area contributed by atoms with Crippen LogP contribution in [0.2, 0.25) is 0 Å². The Bertz CT molecular complexity index is 325. The first-order valence-electron chi connectivity index (χ1n) is 5.32. The molecule has 0 radical (unpaired) electrons. The second-order valence-corrected chi connectivity index (χ2v) is 5.00. The Labute approximate surface area is 85.3 Å². The van der Waals surface area contributed by atoms with Crippen LogP contribution in [0, 0.1) is 5.41 Å². The molecular weight excluding hydrogens is 174 g/mol. The van der Waals surface area contributed by atoms with Crippen molar-refractivity contribution in [3.63, 3.8) is 0 Å². The molecule has 0 aromatic carbocycles. The van der Waals surface area contributed by atoms with Crippen LogP contribution >= 0.6 is 0 Å². The molecule has 0 fully saturated rings. The van der Waals surface area contributed by atoms with Gasteiger partial charge in [0.2, 0.25) is 0 Å². The summed E-state index contributed by atoms with van der Waals surface area (Å²) in [7, 11) is 1.97. The van der Waals surface area contributed by atoms with E-state index in [4.69, 9.17) is 0 Å². The summed E-state index contributed by atoms with van der Waals surface area (Å²) < 4.78 is 0. The quantitative estimate of drug-likeness (QED) is 0.749. The summed E-state index contributed by atoms with van der Waals surface area (Å²) >= 11 is 0. The molecule has 3 nitrogen and oxygen atoms in total. The standard InChI is InChI=1S/C11H19N3/c1-11(2)5-4-9-8(6-11)10(7-12-3)14-13-9/h12H,4-7H2,1-3H3,(H,13,14). The predicted molar refractivity (Wildman–Crippen MR) is 57.2 cm³/mol. The van der Waals surface area contributed by atoms with Crippen molar-refractivity contribution >= 4 is 0 Å². The van der Waals surface area contributed by atoms with Crippen LogP contribution < -0.4 is 5.32 Å². The Morgan fingerprint density at radius 1 is 1.50 bits per heavy atom. The van der Waals surface area contributed by atoms with E-state index in [0.717, 1.165) is 19.4 Å². The van der Waals surface area contributed by atoms with Crippen molar-refractivity contribution in [1.29, 1.82) is 0 Å². The van der Waals surface area contributed by atoms with Gasteiger partial charge in [-0.3, -0.25) is 5.10 Å².